The second-order valence-electron chi connectivity index (χ2n) is 3.19. The van der Waals surface area contributed by atoms with Crippen molar-refractivity contribution < 1.29 is 14.7 Å². The molecule has 1 atom stereocenters. The summed E-state index contributed by atoms with van der Waals surface area (Å²) < 4.78 is 0. The number of hydrogen-bond donors (Lipinski definition) is 3. The van der Waals surface area contributed by atoms with Gasteiger partial charge >= 0.3 is 6.03 Å². The van der Waals surface area contributed by atoms with Crippen molar-refractivity contribution in [1.29, 1.82) is 0 Å². The quantitative estimate of drug-likeness (QED) is 0.478. The van der Waals surface area contributed by atoms with Crippen molar-refractivity contribution >= 4 is 11.9 Å². The summed E-state index contributed by atoms with van der Waals surface area (Å²) >= 11 is 0. The van der Waals surface area contributed by atoms with E-state index in [0.717, 1.165) is 0 Å². The maximum atomic E-state index is 11.2. The number of aliphatic hydroxyl groups excluding tert-OH is 1. The predicted octanol–water partition coefficient (Wildman–Crippen LogP) is -0.787. The van der Waals surface area contributed by atoms with Gasteiger partial charge in [0.1, 0.15) is 5.54 Å². The first-order valence-electron chi connectivity index (χ1n) is 3.77. The number of urea groups is 1. The Morgan fingerprint density at radius 3 is 2.25 bits per heavy atom. The van der Waals surface area contributed by atoms with Gasteiger partial charge in [-0.1, -0.05) is 13.8 Å². The lowest BCUT2D eigenvalue weighted by atomic mass is 9.87. The Morgan fingerprint density at radius 1 is 1.50 bits per heavy atom. The van der Waals surface area contributed by atoms with E-state index in [2.05, 4.69) is 10.6 Å². The lowest BCUT2D eigenvalue weighted by molar-refractivity contribution is -0.127. The third-order valence-electron chi connectivity index (χ3n) is 2.20. The van der Waals surface area contributed by atoms with E-state index >= 15 is 0 Å². The van der Waals surface area contributed by atoms with Crippen molar-refractivity contribution in [2.45, 2.75) is 19.4 Å². The maximum Gasteiger partial charge on any atom is 0.322 e. The van der Waals surface area contributed by atoms with Crippen LogP contribution in [0.15, 0.2) is 0 Å². The van der Waals surface area contributed by atoms with Crippen LogP contribution in [0.1, 0.15) is 13.8 Å². The van der Waals surface area contributed by atoms with E-state index in [1.165, 1.54) is 0 Å². The fraction of sp³-hybridized carbons (Fsp3) is 0.714. The van der Waals surface area contributed by atoms with Crippen LogP contribution in [0.3, 0.4) is 0 Å². The molecular formula is C7H12N2O3. The van der Waals surface area contributed by atoms with Crippen LogP contribution in [0.5, 0.6) is 0 Å². The predicted molar refractivity (Wildman–Crippen MR) is 41.3 cm³/mol. The number of hydrogen-bond acceptors (Lipinski definition) is 3. The van der Waals surface area contributed by atoms with Crippen LogP contribution < -0.4 is 10.6 Å². The first-order chi connectivity index (χ1) is 5.53. The van der Waals surface area contributed by atoms with Crippen LogP contribution >= 0.6 is 0 Å². The molecule has 12 heavy (non-hydrogen) atoms. The van der Waals surface area contributed by atoms with E-state index in [-0.39, 0.29) is 12.5 Å². The van der Waals surface area contributed by atoms with Gasteiger partial charge in [0.05, 0.1) is 6.61 Å². The number of imide groups is 1. The molecular weight excluding hydrogens is 160 g/mol. The van der Waals surface area contributed by atoms with Gasteiger partial charge in [-0.2, -0.15) is 0 Å². The zero-order valence-corrected chi connectivity index (χ0v) is 7.05. The second kappa shape index (κ2) is 2.75. The molecule has 0 bridgehead atoms. The molecule has 0 saturated carbocycles. The maximum absolute atomic E-state index is 11.2. The highest BCUT2D eigenvalue weighted by Gasteiger charge is 2.48. The monoisotopic (exact) mass is 172 g/mol. The summed E-state index contributed by atoms with van der Waals surface area (Å²) in [4.78, 5) is 22.0. The summed E-state index contributed by atoms with van der Waals surface area (Å²) in [5.41, 5.74) is -1.13. The molecule has 68 valence electrons. The van der Waals surface area contributed by atoms with Gasteiger partial charge in [0.15, 0.2) is 0 Å². The highest BCUT2D eigenvalue weighted by atomic mass is 16.3. The van der Waals surface area contributed by atoms with Gasteiger partial charge in [-0.05, 0) is 5.92 Å². The molecule has 1 heterocycles. The molecule has 0 spiro atoms. The summed E-state index contributed by atoms with van der Waals surface area (Å²) in [7, 11) is 0. The number of amides is 3. The van der Waals surface area contributed by atoms with Gasteiger partial charge in [0, 0.05) is 0 Å². The average Bonchev–Trinajstić information content (AvgIpc) is 2.26. The van der Waals surface area contributed by atoms with Gasteiger partial charge in [0.2, 0.25) is 0 Å². The topological polar surface area (TPSA) is 78.4 Å². The number of carbonyl (C=O) groups excluding carboxylic acids is 2. The van der Waals surface area contributed by atoms with Crippen LogP contribution in [0, 0.1) is 5.92 Å². The van der Waals surface area contributed by atoms with Crippen molar-refractivity contribution in [3.63, 3.8) is 0 Å². The number of aliphatic hydroxyl groups is 1. The largest absolute Gasteiger partial charge is 0.393 e. The summed E-state index contributed by atoms with van der Waals surface area (Å²) in [6, 6.07) is -0.539. The Bertz CT molecular complexity index is 227. The molecule has 1 aliphatic heterocycles. The van der Waals surface area contributed by atoms with Crippen LogP contribution in [-0.4, -0.2) is 29.2 Å². The fourth-order valence-corrected chi connectivity index (χ4v) is 1.21. The molecule has 1 aliphatic rings. The molecule has 0 aromatic carbocycles. The minimum atomic E-state index is -1.13. The Hall–Kier alpha value is -1.10. The summed E-state index contributed by atoms with van der Waals surface area (Å²) in [5.74, 6) is -0.584. The van der Waals surface area contributed by atoms with Gasteiger partial charge in [-0.25, -0.2) is 4.79 Å². The molecule has 1 fully saturated rings. The van der Waals surface area contributed by atoms with Crippen molar-refractivity contribution in [3.05, 3.63) is 0 Å². The second-order valence-corrected chi connectivity index (χ2v) is 3.19. The molecule has 1 saturated heterocycles. The zero-order chi connectivity index (χ0) is 9.35. The van der Waals surface area contributed by atoms with E-state index < -0.39 is 17.5 Å². The molecule has 0 aromatic heterocycles. The van der Waals surface area contributed by atoms with Crippen molar-refractivity contribution in [3.8, 4) is 0 Å². The van der Waals surface area contributed by atoms with Crippen LogP contribution in [0.25, 0.3) is 0 Å². The molecule has 0 aromatic rings. The normalized spacial score (nSPS) is 29.0. The third-order valence-corrected chi connectivity index (χ3v) is 2.20. The van der Waals surface area contributed by atoms with Gasteiger partial charge in [-0.3, -0.25) is 10.1 Å². The highest BCUT2D eigenvalue weighted by Crippen LogP contribution is 2.19. The zero-order valence-electron chi connectivity index (χ0n) is 7.05. The Labute approximate surface area is 70.1 Å². The molecule has 1 unspecified atom stereocenters. The molecule has 1 rings (SSSR count). The van der Waals surface area contributed by atoms with Gasteiger partial charge < -0.3 is 10.4 Å². The molecule has 0 radical (unpaired) electrons. The molecule has 3 amide bonds. The SMILES string of the molecule is CC(C)C1(CO)NC(=O)NC1=O. The Kier molecular flexibility index (Phi) is 2.06. The van der Waals surface area contributed by atoms with Crippen LogP contribution in [-0.2, 0) is 4.79 Å². The van der Waals surface area contributed by atoms with E-state index in [1.807, 2.05) is 0 Å². The first-order valence-corrected chi connectivity index (χ1v) is 3.77. The van der Waals surface area contributed by atoms with E-state index in [1.54, 1.807) is 13.8 Å². The van der Waals surface area contributed by atoms with Crippen molar-refractivity contribution in [2.75, 3.05) is 6.61 Å². The molecule has 3 N–H and O–H groups in total. The van der Waals surface area contributed by atoms with Crippen molar-refractivity contribution in [2.24, 2.45) is 5.92 Å². The van der Waals surface area contributed by atoms with E-state index in [0.29, 0.717) is 0 Å². The van der Waals surface area contributed by atoms with Gasteiger partial charge in [-0.15, -0.1) is 0 Å². The van der Waals surface area contributed by atoms with Crippen LogP contribution in [0.4, 0.5) is 4.79 Å². The van der Waals surface area contributed by atoms with Gasteiger partial charge in [0.25, 0.3) is 5.91 Å². The Balaban J connectivity index is 2.94. The standard InChI is InChI=1S/C7H12N2O3/c1-4(2)7(3-10)5(11)8-6(12)9-7/h4,10H,3H2,1-2H3,(H2,8,9,11,12). The average molecular weight is 172 g/mol. The number of carbonyl (C=O) groups is 2. The minimum Gasteiger partial charge on any atom is -0.393 e. The summed E-state index contributed by atoms with van der Waals surface area (Å²) in [5, 5.41) is 13.5. The minimum absolute atomic E-state index is 0.131. The molecule has 5 nitrogen and oxygen atoms in total. The van der Waals surface area contributed by atoms with Crippen LogP contribution in [0.2, 0.25) is 0 Å². The van der Waals surface area contributed by atoms with Crippen molar-refractivity contribution in [1.82, 2.24) is 10.6 Å². The number of rotatable bonds is 2. The van der Waals surface area contributed by atoms with E-state index in [4.69, 9.17) is 5.11 Å². The molecule has 5 heteroatoms. The number of nitrogens with one attached hydrogen (secondary N) is 2. The summed E-state index contributed by atoms with van der Waals surface area (Å²) in [6.07, 6.45) is 0. The first kappa shape index (κ1) is 8.99. The lowest BCUT2D eigenvalue weighted by Gasteiger charge is -2.27. The Morgan fingerprint density at radius 2 is 2.08 bits per heavy atom. The third kappa shape index (κ3) is 1.06. The lowest BCUT2D eigenvalue weighted by Crippen LogP contribution is -2.54. The highest BCUT2D eigenvalue weighted by molar-refractivity contribution is 6.07. The smallest absolute Gasteiger partial charge is 0.322 e. The fourth-order valence-electron chi connectivity index (χ4n) is 1.21. The molecule has 0 aliphatic carbocycles. The van der Waals surface area contributed by atoms with E-state index in [9.17, 15) is 9.59 Å². The summed E-state index contributed by atoms with van der Waals surface area (Å²) in [6.45, 7) is 3.16.